The zero-order valence-corrected chi connectivity index (χ0v) is 10.8. The molecule has 0 aromatic heterocycles. The monoisotopic (exact) mass is 267 g/mol. The van der Waals surface area contributed by atoms with Gasteiger partial charge in [-0.3, -0.25) is 0 Å². The summed E-state index contributed by atoms with van der Waals surface area (Å²) in [6.07, 6.45) is 1.04. The van der Waals surface area contributed by atoms with Gasteiger partial charge in [0.05, 0.1) is 18.4 Å². The van der Waals surface area contributed by atoms with Crippen LogP contribution in [-0.2, 0) is 4.74 Å². The molecule has 1 atom stereocenters. The molecule has 104 valence electrons. The minimum absolute atomic E-state index is 0.0983. The van der Waals surface area contributed by atoms with Gasteiger partial charge in [-0.05, 0) is 24.6 Å². The molecule has 0 saturated carbocycles. The van der Waals surface area contributed by atoms with Crippen LogP contribution in [0.4, 0.5) is 10.1 Å². The Hall–Kier alpha value is -1.82. The number of halogens is 1. The Labute approximate surface area is 111 Å². The molecule has 1 aliphatic heterocycles. The van der Waals surface area contributed by atoms with Crippen LogP contribution in [-0.4, -0.2) is 36.8 Å². The number of amidine groups is 1. The van der Waals surface area contributed by atoms with Gasteiger partial charge in [0.2, 0.25) is 0 Å². The molecule has 0 aliphatic carbocycles. The highest BCUT2D eigenvalue weighted by molar-refractivity contribution is 5.97. The van der Waals surface area contributed by atoms with E-state index in [4.69, 9.17) is 15.7 Å². The Kier molecular flexibility index (Phi) is 4.21. The highest BCUT2D eigenvalue weighted by atomic mass is 19.1. The molecule has 3 N–H and O–H groups in total. The summed E-state index contributed by atoms with van der Waals surface area (Å²) in [5.41, 5.74) is 6.32. The average Bonchev–Trinajstić information content (AvgIpc) is 2.46. The van der Waals surface area contributed by atoms with Crippen molar-refractivity contribution in [3.8, 4) is 0 Å². The van der Waals surface area contributed by atoms with Crippen molar-refractivity contribution in [1.29, 1.82) is 0 Å². The third-order valence-corrected chi connectivity index (χ3v) is 3.29. The number of hydrogen-bond acceptors (Lipinski definition) is 4. The van der Waals surface area contributed by atoms with Crippen molar-refractivity contribution < 1.29 is 14.3 Å². The van der Waals surface area contributed by atoms with E-state index >= 15 is 0 Å². The lowest BCUT2D eigenvalue weighted by atomic mass is 10.1. The van der Waals surface area contributed by atoms with Gasteiger partial charge in [-0.2, -0.15) is 0 Å². The van der Waals surface area contributed by atoms with Gasteiger partial charge in [0.1, 0.15) is 5.82 Å². The Morgan fingerprint density at radius 1 is 1.63 bits per heavy atom. The number of ether oxygens (including phenoxy) is 1. The highest BCUT2D eigenvalue weighted by Gasteiger charge is 2.21. The van der Waals surface area contributed by atoms with E-state index in [0.717, 1.165) is 6.42 Å². The molecule has 2 rings (SSSR count). The first-order valence-electron chi connectivity index (χ1n) is 6.29. The van der Waals surface area contributed by atoms with Gasteiger partial charge in [-0.1, -0.05) is 12.1 Å². The van der Waals surface area contributed by atoms with Crippen molar-refractivity contribution in [2.24, 2.45) is 10.9 Å². The minimum Gasteiger partial charge on any atom is -0.409 e. The molecule has 5 nitrogen and oxygen atoms in total. The predicted molar refractivity (Wildman–Crippen MR) is 71.2 cm³/mol. The fourth-order valence-corrected chi connectivity index (χ4v) is 2.17. The molecule has 1 heterocycles. The molecule has 1 saturated heterocycles. The lowest BCUT2D eigenvalue weighted by Crippen LogP contribution is -2.42. The standard InChI is InChI=1S/C13H18FN3O2/c1-2-10-8-17(5-6-19-10)12-4-3-9(7-11(12)14)13(15)16-18/h3-4,7,10,18H,2,5-6,8H2,1H3,(H2,15,16). The van der Waals surface area contributed by atoms with Crippen LogP contribution in [0.5, 0.6) is 0 Å². The van der Waals surface area contributed by atoms with Crippen LogP contribution in [0.3, 0.4) is 0 Å². The number of oxime groups is 1. The quantitative estimate of drug-likeness (QED) is 0.377. The average molecular weight is 267 g/mol. The molecule has 1 aromatic carbocycles. The number of anilines is 1. The van der Waals surface area contributed by atoms with E-state index in [-0.39, 0.29) is 17.8 Å². The van der Waals surface area contributed by atoms with Crippen LogP contribution in [0.25, 0.3) is 0 Å². The van der Waals surface area contributed by atoms with E-state index in [1.807, 2.05) is 11.8 Å². The maximum atomic E-state index is 14.1. The Balaban J connectivity index is 2.21. The first-order valence-corrected chi connectivity index (χ1v) is 6.29. The molecular formula is C13H18FN3O2. The molecule has 1 aromatic rings. The van der Waals surface area contributed by atoms with Crippen molar-refractivity contribution in [3.05, 3.63) is 29.6 Å². The van der Waals surface area contributed by atoms with Crippen LogP contribution in [0.1, 0.15) is 18.9 Å². The van der Waals surface area contributed by atoms with Crippen LogP contribution >= 0.6 is 0 Å². The van der Waals surface area contributed by atoms with Crippen molar-refractivity contribution in [2.75, 3.05) is 24.6 Å². The zero-order chi connectivity index (χ0) is 13.8. The summed E-state index contributed by atoms with van der Waals surface area (Å²) in [4.78, 5) is 1.96. The van der Waals surface area contributed by atoms with Gasteiger partial charge in [-0.15, -0.1) is 0 Å². The summed E-state index contributed by atoms with van der Waals surface area (Å²) < 4.78 is 19.6. The molecule has 1 unspecified atom stereocenters. The van der Waals surface area contributed by atoms with Gasteiger partial charge in [0.25, 0.3) is 0 Å². The van der Waals surface area contributed by atoms with E-state index in [9.17, 15) is 4.39 Å². The van der Waals surface area contributed by atoms with E-state index in [2.05, 4.69) is 5.16 Å². The van der Waals surface area contributed by atoms with Crippen molar-refractivity contribution in [3.63, 3.8) is 0 Å². The fraction of sp³-hybridized carbons (Fsp3) is 0.462. The van der Waals surface area contributed by atoms with E-state index in [1.165, 1.54) is 6.07 Å². The SMILES string of the molecule is CCC1CN(c2ccc(/C(N)=N/O)cc2F)CCO1. The predicted octanol–water partition coefficient (Wildman–Crippen LogP) is 1.54. The number of nitrogens with zero attached hydrogens (tertiary/aromatic N) is 2. The Bertz CT molecular complexity index is 479. The molecule has 0 spiro atoms. The fourth-order valence-electron chi connectivity index (χ4n) is 2.17. The second kappa shape index (κ2) is 5.88. The number of rotatable bonds is 3. The topological polar surface area (TPSA) is 71.1 Å². The van der Waals surface area contributed by atoms with E-state index in [0.29, 0.717) is 30.9 Å². The highest BCUT2D eigenvalue weighted by Crippen LogP contribution is 2.23. The number of benzene rings is 1. The van der Waals surface area contributed by atoms with E-state index < -0.39 is 0 Å². The third kappa shape index (κ3) is 2.96. The summed E-state index contributed by atoms with van der Waals surface area (Å²) in [6, 6.07) is 4.57. The number of morpholine rings is 1. The number of nitrogens with two attached hydrogens (primary N) is 1. The molecule has 1 aliphatic rings. The zero-order valence-electron chi connectivity index (χ0n) is 10.8. The molecular weight excluding hydrogens is 249 g/mol. The minimum atomic E-state index is -0.374. The second-order valence-electron chi connectivity index (χ2n) is 4.50. The maximum Gasteiger partial charge on any atom is 0.170 e. The smallest absolute Gasteiger partial charge is 0.170 e. The van der Waals surface area contributed by atoms with Gasteiger partial charge in [0, 0.05) is 18.7 Å². The normalized spacial score (nSPS) is 20.6. The first-order chi connectivity index (χ1) is 9.15. The summed E-state index contributed by atoms with van der Waals surface area (Å²) >= 11 is 0. The van der Waals surface area contributed by atoms with E-state index in [1.54, 1.807) is 12.1 Å². The van der Waals surface area contributed by atoms with Crippen molar-refractivity contribution in [1.82, 2.24) is 0 Å². The molecule has 19 heavy (non-hydrogen) atoms. The van der Waals surface area contributed by atoms with Gasteiger partial charge >= 0.3 is 0 Å². The van der Waals surface area contributed by atoms with Crippen LogP contribution in [0.15, 0.2) is 23.4 Å². The largest absolute Gasteiger partial charge is 0.409 e. The van der Waals surface area contributed by atoms with Crippen molar-refractivity contribution >= 4 is 11.5 Å². The summed E-state index contributed by atoms with van der Waals surface area (Å²) in [6.45, 7) is 3.98. The lowest BCUT2D eigenvalue weighted by molar-refractivity contribution is 0.0382. The molecule has 0 amide bonds. The Morgan fingerprint density at radius 3 is 3.05 bits per heavy atom. The number of hydrogen-bond donors (Lipinski definition) is 2. The van der Waals surface area contributed by atoms with Crippen LogP contribution < -0.4 is 10.6 Å². The molecule has 0 bridgehead atoms. The first kappa shape index (κ1) is 13.6. The van der Waals surface area contributed by atoms with Gasteiger partial charge < -0.3 is 20.6 Å². The summed E-state index contributed by atoms with van der Waals surface area (Å²) in [7, 11) is 0. The third-order valence-electron chi connectivity index (χ3n) is 3.29. The Morgan fingerprint density at radius 2 is 2.42 bits per heavy atom. The second-order valence-corrected chi connectivity index (χ2v) is 4.50. The van der Waals surface area contributed by atoms with Gasteiger partial charge in [-0.25, -0.2) is 4.39 Å². The lowest BCUT2D eigenvalue weighted by Gasteiger charge is -2.34. The molecule has 6 heteroatoms. The van der Waals surface area contributed by atoms with Crippen LogP contribution in [0.2, 0.25) is 0 Å². The van der Waals surface area contributed by atoms with Gasteiger partial charge in [0.15, 0.2) is 5.84 Å². The molecule has 0 radical (unpaired) electrons. The summed E-state index contributed by atoms with van der Waals surface area (Å²) in [5, 5.41) is 11.4. The summed E-state index contributed by atoms with van der Waals surface area (Å²) in [5.74, 6) is -0.472. The maximum absolute atomic E-state index is 14.1. The van der Waals surface area contributed by atoms with Crippen LogP contribution in [0, 0.1) is 5.82 Å². The van der Waals surface area contributed by atoms with Crippen molar-refractivity contribution in [2.45, 2.75) is 19.4 Å². The molecule has 1 fully saturated rings.